The van der Waals surface area contributed by atoms with Crippen LogP contribution in [0.15, 0.2) is 114 Å². The highest BCUT2D eigenvalue weighted by molar-refractivity contribution is 5.94. The molecule has 0 aliphatic rings. The molecule has 30 heavy (non-hydrogen) atoms. The molecular weight excluding hydrogens is 372 g/mol. The molecule has 3 heteroatoms. The van der Waals surface area contributed by atoms with Gasteiger partial charge >= 0.3 is 0 Å². The summed E-state index contributed by atoms with van der Waals surface area (Å²) in [6, 6.07) is 34.5. The molecule has 0 aliphatic heterocycles. The molecule has 0 spiro atoms. The maximum absolute atomic E-state index is 12.4. The summed E-state index contributed by atoms with van der Waals surface area (Å²) in [5, 5.41) is 0. The summed E-state index contributed by atoms with van der Waals surface area (Å²) in [6.45, 7) is 0. The highest BCUT2D eigenvalue weighted by Gasteiger charge is 2.25. The van der Waals surface area contributed by atoms with Crippen molar-refractivity contribution >= 4 is 0 Å². The summed E-state index contributed by atoms with van der Waals surface area (Å²) in [5.41, 5.74) is 3.42. The van der Waals surface area contributed by atoms with Gasteiger partial charge in [0.05, 0.1) is 0 Å². The van der Waals surface area contributed by atoms with E-state index >= 15 is 0 Å². The fourth-order valence-corrected chi connectivity index (χ4v) is 3.35. The molecule has 0 heterocycles. The fraction of sp³-hybridized carbons (Fsp3) is 0. The minimum absolute atomic E-state index is 0.0865. The Labute approximate surface area is 174 Å². The Kier molecular flexibility index (Phi) is 4.62. The van der Waals surface area contributed by atoms with Crippen LogP contribution in [0, 0.1) is 0 Å². The van der Waals surface area contributed by atoms with Gasteiger partial charge in [-0.3, -0.25) is 4.79 Å². The van der Waals surface area contributed by atoms with E-state index in [2.05, 4.69) is 0 Å². The Bertz CT molecular complexity index is 1160. The summed E-state index contributed by atoms with van der Waals surface area (Å²) in [4.78, 5) is 12.4. The molecule has 0 N–H and O–H groups in total. The highest BCUT2D eigenvalue weighted by Crippen LogP contribution is 2.36. The first-order valence-electron chi connectivity index (χ1n) is 9.73. The van der Waals surface area contributed by atoms with Crippen LogP contribution in [0.5, 0.6) is 23.0 Å². The van der Waals surface area contributed by atoms with Gasteiger partial charge in [0.25, 0.3) is 0 Å². The first kappa shape index (κ1) is 18.0. The van der Waals surface area contributed by atoms with Crippen LogP contribution in [0.25, 0.3) is 22.3 Å². The molecular formula is C27H18O3. The normalized spacial score (nSPS) is 10.8. The minimum Gasteiger partial charge on any atom is -0.457 e. The molecule has 0 radical (unpaired) electrons. The van der Waals surface area contributed by atoms with E-state index in [0.717, 1.165) is 45.3 Å². The molecule has 5 aromatic carbocycles. The van der Waals surface area contributed by atoms with E-state index in [1.807, 2.05) is 109 Å². The van der Waals surface area contributed by atoms with Crippen molar-refractivity contribution in [3.8, 4) is 45.3 Å². The second kappa shape index (κ2) is 7.72. The lowest BCUT2D eigenvalue weighted by Crippen LogP contribution is -1.84. The van der Waals surface area contributed by atoms with E-state index in [-0.39, 0.29) is 5.43 Å². The maximum atomic E-state index is 12.4. The molecule has 5 rings (SSSR count). The molecule has 3 nitrogen and oxygen atoms in total. The Morgan fingerprint density at radius 2 is 0.733 bits per heavy atom. The van der Waals surface area contributed by atoms with Crippen LogP contribution in [0.1, 0.15) is 0 Å². The van der Waals surface area contributed by atoms with Gasteiger partial charge in [-0.25, -0.2) is 0 Å². The van der Waals surface area contributed by atoms with E-state index in [1.54, 1.807) is 0 Å². The molecule has 0 fully saturated rings. The molecule has 0 bridgehead atoms. The lowest BCUT2D eigenvalue weighted by atomic mass is 10.1. The van der Waals surface area contributed by atoms with E-state index in [9.17, 15) is 4.79 Å². The lowest BCUT2D eigenvalue weighted by Gasteiger charge is -2.06. The molecule has 0 unspecified atom stereocenters. The average Bonchev–Trinajstić information content (AvgIpc) is 3.47. The third-order valence-electron chi connectivity index (χ3n) is 4.89. The molecule has 5 aromatic rings. The number of hydrogen-bond acceptors (Lipinski definition) is 3. The summed E-state index contributed by atoms with van der Waals surface area (Å²) in [6.07, 6.45) is 0. The van der Waals surface area contributed by atoms with Gasteiger partial charge in [-0.2, -0.15) is 0 Å². The predicted molar refractivity (Wildman–Crippen MR) is 119 cm³/mol. The molecule has 0 saturated heterocycles. The van der Waals surface area contributed by atoms with Crippen LogP contribution in [-0.2, 0) is 0 Å². The van der Waals surface area contributed by atoms with Crippen molar-refractivity contribution in [1.82, 2.24) is 0 Å². The summed E-state index contributed by atoms with van der Waals surface area (Å²) in [5.74, 6) is 3.04. The zero-order valence-electron chi connectivity index (χ0n) is 16.1. The van der Waals surface area contributed by atoms with Crippen LogP contribution >= 0.6 is 0 Å². The van der Waals surface area contributed by atoms with Gasteiger partial charge in [-0.15, -0.1) is 0 Å². The monoisotopic (exact) mass is 390 g/mol. The van der Waals surface area contributed by atoms with Crippen molar-refractivity contribution in [3.05, 3.63) is 119 Å². The van der Waals surface area contributed by atoms with Crippen LogP contribution < -0.4 is 14.9 Å². The summed E-state index contributed by atoms with van der Waals surface area (Å²) in [7, 11) is 0. The molecule has 0 aliphatic carbocycles. The van der Waals surface area contributed by atoms with E-state index in [1.165, 1.54) is 0 Å². The van der Waals surface area contributed by atoms with Crippen LogP contribution in [-0.4, -0.2) is 0 Å². The van der Waals surface area contributed by atoms with Gasteiger partial charge < -0.3 is 9.47 Å². The van der Waals surface area contributed by atoms with Crippen LogP contribution in [0.2, 0.25) is 0 Å². The van der Waals surface area contributed by atoms with E-state index in [0.29, 0.717) is 0 Å². The molecule has 0 aromatic heterocycles. The molecule has 0 saturated carbocycles. The third-order valence-corrected chi connectivity index (χ3v) is 4.89. The summed E-state index contributed by atoms with van der Waals surface area (Å²) >= 11 is 0. The zero-order chi connectivity index (χ0) is 20.3. The van der Waals surface area contributed by atoms with Crippen molar-refractivity contribution in [2.75, 3.05) is 0 Å². The number of rotatable bonds is 6. The SMILES string of the molecule is O=c1c(-c2ccc(Oc3ccccc3)cc2)c1-c1ccc(Oc2ccccc2)cc1. The molecule has 0 amide bonds. The lowest BCUT2D eigenvalue weighted by molar-refractivity contribution is 0.482. The Morgan fingerprint density at radius 1 is 0.400 bits per heavy atom. The van der Waals surface area contributed by atoms with Crippen LogP contribution in [0.3, 0.4) is 0 Å². The van der Waals surface area contributed by atoms with E-state index < -0.39 is 0 Å². The second-order valence-electron chi connectivity index (χ2n) is 6.96. The van der Waals surface area contributed by atoms with Gasteiger partial charge in [0, 0.05) is 11.1 Å². The standard InChI is InChI=1S/C27H18O3/c28-27-25(19-11-15-23(16-12-19)29-21-7-3-1-4-8-21)26(27)20-13-17-24(18-14-20)30-22-9-5-2-6-10-22/h1-18H. The Balaban J connectivity index is 1.31. The first-order chi connectivity index (χ1) is 14.8. The molecule has 0 atom stereocenters. The first-order valence-corrected chi connectivity index (χ1v) is 9.73. The van der Waals surface area contributed by atoms with E-state index in [4.69, 9.17) is 9.47 Å². The second-order valence-corrected chi connectivity index (χ2v) is 6.96. The summed E-state index contributed by atoms with van der Waals surface area (Å²) < 4.78 is 11.6. The van der Waals surface area contributed by atoms with Crippen molar-refractivity contribution in [1.29, 1.82) is 0 Å². The Hall–Kier alpha value is -4.11. The Morgan fingerprint density at radius 3 is 1.10 bits per heavy atom. The fourth-order valence-electron chi connectivity index (χ4n) is 3.35. The number of ether oxygens (including phenoxy) is 2. The smallest absolute Gasteiger partial charge is 0.195 e. The minimum atomic E-state index is 0.0865. The van der Waals surface area contributed by atoms with Gasteiger partial charge in [0.2, 0.25) is 0 Å². The largest absolute Gasteiger partial charge is 0.457 e. The van der Waals surface area contributed by atoms with Crippen molar-refractivity contribution in [3.63, 3.8) is 0 Å². The highest BCUT2D eigenvalue weighted by atomic mass is 16.5. The maximum Gasteiger partial charge on any atom is 0.195 e. The van der Waals surface area contributed by atoms with Crippen molar-refractivity contribution in [2.24, 2.45) is 0 Å². The van der Waals surface area contributed by atoms with Gasteiger partial charge in [-0.05, 0) is 59.7 Å². The quantitative estimate of drug-likeness (QED) is 0.318. The average molecular weight is 390 g/mol. The van der Waals surface area contributed by atoms with Crippen molar-refractivity contribution in [2.45, 2.75) is 0 Å². The number of hydrogen-bond donors (Lipinski definition) is 0. The van der Waals surface area contributed by atoms with Crippen molar-refractivity contribution < 1.29 is 9.47 Å². The number of benzene rings is 4. The van der Waals surface area contributed by atoms with Gasteiger partial charge in [0.15, 0.2) is 5.43 Å². The van der Waals surface area contributed by atoms with Gasteiger partial charge in [-0.1, -0.05) is 60.7 Å². The molecule has 144 valence electrons. The predicted octanol–water partition coefficient (Wildman–Crippen LogP) is 6.84. The zero-order valence-corrected chi connectivity index (χ0v) is 16.1. The van der Waals surface area contributed by atoms with Crippen LogP contribution in [0.4, 0.5) is 0 Å². The number of para-hydroxylation sites is 2. The van der Waals surface area contributed by atoms with Gasteiger partial charge in [0.1, 0.15) is 23.0 Å². The third kappa shape index (κ3) is 3.74. The topological polar surface area (TPSA) is 35.5 Å².